The van der Waals surface area contributed by atoms with Gasteiger partial charge < -0.3 is 9.84 Å². The Balaban J connectivity index is 1.80. The minimum absolute atomic E-state index is 0.417. The van der Waals surface area contributed by atoms with E-state index in [1.807, 2.05) is 31.2 Å². The second-order valence-corrected chi connectivity index (χ2v) is 4.41. The summed E-state index contributed by atoms with van der Waals surface area (Å²) in [6, 6.07) is 7.94. The Morgan fingerprint density at radius 2 is 2.27 bits per heavy atom. The molecule has 0 bridgehead atoms. The van der Waals surface area contributed by atoms with E-state index in [9.17, 15) is 5.11 Å². The van der Waals surface area contributed by atoms with Crippen molar-refractivity contribution in [3.8, 4) is 0 Å². The van der Waals surface area contributed by atoms with Gasteiger partial charge in [-0.15, -0.1) is 0 Å². The third kappa shape index (κ3) is 3.33. The number of benzene rings is 1. The average Bonchev–Trinajstić information content (AvgIpc) is 3.01. The molecular formula is C13H18O2. The Kier molecular flexibility index (Phi) is 3.39. The minimum Gasteiger partial charge on any atom is -0.386 e. The zero-order chi connectivity index (χ0) is 10.7. The van der Waals surface area contributed by atoms with Gasteiger partial charge in [-0.1, -0.05) is 29.8 Å². The first-order valence-corrected chi connectivity index (χ1v) is 5.58. The third-order valence-electron chi connectivity index (χ3n) is 2.75. The lowest BCUT2D eigenvalue weighted by atomic mass is 10.1. The summed E-state index contributed by atoms with van der Waals surface area (Å²) in [5.41, 5.74) is 2.12. The summed E-state index contributed by atoms with van der Waals surface area (Å²) in [5.74, 6) is 0.759. The van der Waals surface area contributed by atoms with E-state index in [4.69, 9.17) is 4.74 Å². The molecule has 0 aliphatic heterocycles. The Morgan fingerprint density at radius 3 is 2.93 bits per heavy atom. The van der Waals surface area contributed by atoms with E-state index in [1.165, 1.54) is 18.4 Å². The van der Waals surface area contributed by atoms with Crippen LogP contribution in [0.1, 0.15) is 30.1 Å². The Labute approximate surface area is 90.9 Å². The summed E-state index contributed by atoms with van der Waals surface area (Å²) >= 11 is 0. The molecule has 1 N–H and O–H groups in total. The Bertz CT molecular complexity index is 318. The predicted octanol–water partition coefficient (Wildman–Crippen LogP) is 2.46. The first-order valence-electron chi connectivity index (χ1n) is 5.58. The normalized spacial score (nSPS) is 17.7. The summed E-state index contributed by atoms with van der Waals surface area (Å²) in [4.78, 5) is 0. The molecular weight excluding hydrogens is 188 g/mol. The molecule has 2 nitrogen and oxygen atoms in total. The van der Waals surface area contributed by atoms with Gasteiger partial charge in [-0.2, -0.15) is 0 Å². The second kappa shape index (κ2) is 4.77. The van der Waals surface area contributed by atoms with Crippen LogP contribution in [-0.4, -0.2) is 18.3 Å². The van der Waals surface area contributed by atoms with Crippen molar-refractivity contribution >= 4 is 0 Å². The summed E-state index contributed by atoms with van der Waals surface area (Å²) in [6.45, 7) is 3.25. The Morgan fingerprint density at radius 1 is 1.47 bits per heavy atom. The average molecular weight is 206 g/mol. The highest BCUT2D eigenvalue weighted by Gasteiger charge is 2.21. The summed E-state index contributed by atoms with van der Waals surface area (Å²) in [5, 5.41) is 9.85. The van der Waals surface area contributed by atoms with Crippen LogP contribution >= 0.6 is 0 Å². The fraction of sp³-hybridized carbons (Fsp3) is 0.538. The molecule has 0 aromatic heterocycles. The van der Waals surface area contributed by atoms with Crippen molar-refractivity contribution in [2.24, 2.45) is 5.92 Å². The molecule has 1 unspecified atom stereocenters. The number of ether oxygens (including phenoxy) is 1. The van der Waals surface area contributed by atoms with Crippen molar-refractivity contribution in [1.82, 2.24) is 0 Å². The maximum absolute atomic E-state index is 9.85. The lowest BCUT2D eigenvalue weighted by Gasteiger charge is -2.11. The zero-order valence-electron chi connectivity index (χ0n) is 9.15. The van der Waals surface area contributed by atoms with Crippen LogP contribution in [-0.2, 0) is 4.74 Å². The number of hydrogen-bond acceptors (Lipinski definition) is 2. The van der Waals surface area contributed by atoms with Crippen LogP contribution in [0.4, 0.5) is 0 Å². The van der Waals surface area contributed by atoms with Crippen LogP contribution < -0.4 is 0 Å². The van der Waals surface area contributed by atoms with Gasteiger partial charge in [0.05, 0.1) is 6.61 Å². The van der Waals surface area contributed by atoms with Gasteiger partial charge >= 0.3 is 0 Å². The van der Waals surface area contributed by atoms with Gasteiger partial charge in [-0.25, -0.2) is 0 Å². The van der Waals surface area contributed by atoms with Gasteiger partial charge in [-0.3, -0.25) is 0 Å². The van der Waals surface area contributed by atoms with Crippen molar-refractivity contribution < 1.29 is 9.84 Å². The fourth-order valence-corrected chi connectivity index (χ4v) is 1.60. The molecule has 1 atom stereocenters. The molecule has 1 saturated carbocycles. The van der Waals surface area contributed by atoms with Gasteiger partial charge in [0.2, 0.25) is 0 Å². The van der Waals surface area contributed by atoms with Gasteiger partial charge in [0, 0.05) is 6.61 Å². The van der Waals surface area contributed by atoms with Crippen LogP contribution in [0.15, 0.2) is 24.3 Å². The Hall–Kier alpha value is -0.860. The molecule has 15 heavy (non-hydrogen) atoms. The van der Waals surface area contributed by atoms with E-state index in [0.717, 1.165) is 18.1 Å². The van der Waals surface area contributed by atoms with Crippen LogP contribution in [0, 0.1) is 12.8 Å². The molecule has 0 radical (unpaired) electrons. The topological polar surface area (TPSA) is 29.5 Å². The largest absolute Gasteiger partial charge is 0.386 e. The summed E-state index contributed by atoms with van der Waals surface area (Å²) in [7, 11) is 0. The number of aliphatic hydroxyl groups is 1. The quantitative estimate of drug-likeness (QED) is 0.802. The van der Waals surface area contributed by atoms with Crippen molar-refractivity contribution in [3.63, 3.8) is 0 Å². The van der Waals surface area contributed by atoms with E-state index in [-0.39, 0.29) is 0 Å². The molecule has 0 heterocycles. The molecule has 1 aromatic rings. The minimum atomic E-state index is -0.483. The van der Waals surface area contributed by atoms with Crippen LogP contribution in [0.25, 0.3) is 0 Å². The maximum atomic E-state index is 9.85. The summed E-state index contributed by atoms with van der Waals surface area (Å²) in [6.07, 6.45) is 2.10. The van der Waals surface area contributed by atoms with Gasteiger partial charge in [-0.05, 0) is 31.2 Å². The summed E-state index contributed by atoms with van der Waals surface area (Å²) < 4.78 is 5.46. The third-order valence-corrected chi connectivity index (χ3v) is 2.75. The molecule has 1 aliphatic carbocycles. The molecule has 1 aromatic carbocycles. The smallest absolute Gasteiger partial charge is 0.102 e. The van der Waals surface area contributed by atoms with Crippen LogP contribution in [0.2, 0.25) is 0 Å². The molecule has 2 rings (SSSR count). The molecule has 82 valence electrons. The maximum Gasteiger partial charge on any atom is 0.102 e. The number of hydrogen-bond donors (Lipinski definition) is 1. The second-order valence-electron chi connectivity index (χ2n) is 4.41. The van der Waals surface area contributed by atoms with Gasteiger partial charge in [0.25, 0.3) is 0 Å². The van der Waals surface area contributed by atoms with E-state index in [1.54, 1.807) is 0 Å². The molecule has 0 spiro atoms. The SMILES string of the molecule is Cc1cccc(C(O)COCC2CC2)c1. The highest BCUT2D eigenvalue weighted by molar-refractivity contribution is 5.23. The zero-order valence-corrected chi connectivity index (χ0v) is 9.15. The van der Waals surface area contributed by atoms with Crippen LogP contribution in [0.5, 0.6) is 0 Å². The molecule has 0 saturated heterocycles. The molecule has 1 fully saturated rings. The highest BCUT2D eigenvalue weighted by atomic mass is 16.5. The van der Waals surface area contributed by atoms with E-state index >= 15 is 0 Å². The van der Waals surface area contributed by atoms with E-state index in [2.05, 4.69) is 0 Å². The predicted molar refractivity (Wildman–Crippen MR) is 59.7 cm³/mol. The van der Waals surface area contributed by atoms with Crippen molar-refractivity contribution in [2.75, 3.05) is 13.2 Å². The molecule has 0 amide bonds. The van der Waals surface area contributed by atoms with E-state index in [0.29, 0.717) is 6.61 Å². The van der Waals surface area contributed by atoms with Gasteiger partial charge in [0.15, 0.2) is 0 Å². The fourth-order valence-electron chi connectivity index (χ4n) is 1.60. The van der Waals surface area contributed by atoms with Gasteiger partial charge in [0.1, 0.15) is 6.10 Å². The standard InChI is InChI=1S/C13H18O2/c1-10-3-2-4-12(7-10)13(14)9-15-8-11-5-6-11/h2-4,7,11,13-14H,5-6,8-9H2,1H3. The number of rotatable bonds is 5. The van der Waals surface area contributed by atoms with Crippen molar-refractivity contribution in [3.05, 3.63) is 35.4 Å². The van der Waals surface area contributed by atoms with Crippen LogP contribution in [0.3, 0.4) is 0 Å². The van der Waals surface area contributed by atoms with E-state index < -0.39 is 6.10 Å². The monoisotopic (exact) mass is 206 g/mol. The molecule has 1 aliphatic rings. The highest BCUT2D eigenvalue weighted by Crippen LogP contribution is 2.29. The molecule has 2 heteroatoms. The number of aryl methyl sites for hydroxylation is 1. The van der Waals surface area contributed by atoms with Crippen molar-refractivity contribution in [2.45, 2.75) is 25.9 Å². The number of aliphatic hydroxyl groups excluding tert-OH is 1. The first kappa shape index (κ1) is 10.7. The van der Waals surface area contributed by atoms with Crippen molar-refractivity contribution in [1.29, 1.82) is 0 Å². The lowest BCUT2D eigenvalue weighted by molar-refractivity contribution is 0.0315. The lowest BCUT2D eigenvalue weighted by Crippen LogP contribution is -2.08. The first-order chi connectivity index (χ1) is 7.25.